The number of likely N-dealkylation sites (tertiary alicyclic amines) is 1. The summed E-state index contributed by atoms with van der Waals surface area (Å²) in [5.74, 6) is -0.880. The van der Waals surface area contributed by atoms with Crippen LogP contribution in [0, 0.1) is 5.92 Å². The molecule has 2 amide bonds. The molecule has 7 heteroatoms. The Morgan fingerprint density at radius 2 is 1.96 bits per heavy atom. The summed E-state index contributed by atoms with van der Waals surface area (Å²) in [6.07, 6.45) is -3.47. The third-order valence-electron chi connectivity index (χ3n) is 4.13. The fourth-order valence-electron chi connectivity index (χ4n) is 2.54. The third kappa shape index (κ3) is 4.03. The van der Waals surface area contributed by atoms with Crippen LogP contribution in [0.25, 0.3) is 0 Å². The summed E-state index contributed by atoms with van der Waals surface area (Å²) in [7, 11) is 0. The number of halogens is 3. The topological polar surface area (TPSA) is 49.4 Å². The molecule has 0 saturated carbocycles. The van der Waals surface area contributed by atoms with E-state index < -0.39 is 17.7 Å². The van der Waals surface area contributed by atoms with Crippen molar-refractivity contribution in [1.29, 1.82) is 0 Å². The van der Waals surface area contributed by atoms with Crippen molar-refractivity contribution in [3.05, 3.63) is 29.8 Å². The molecule has 2 rings (SSSR count). The van der Waals surface area contributed by atoms with Gasteiger partial charge in [0, 0.05) is 24.7 Å². The number of hydrogen-bond acceptors (Lipinski definition) is 2. The normalized spacial score (nSPS) is 19.8. The van der Waals surface area contributed by atoms with Crippen LogP contribution in [-0.4, -0.2) is 29.3 Å². The number of hydrogen-bond donors (Lipinski definition) is 1. The van der Waals surface area contributed by atoms with Crippen molar-refractivity contribution in [2.75, 3.05) is 11.9 Å². The van der Waals surface area contributed by atoms with Crippen molar-refractivity contribution in [2.45, 2.75) is 38.9 Å². The highest BCUT2D eigenvalue weighted by Crippen LogP contribution is 2.30. The highest BCUT2D eigenvalue weighted by atomic mass is 19.4. The molecule has 1 aliphatic rings. The molecule has 2 unspecified atom stereocenters. The second-order valence-corrected chi connectivity index (χ2v) is 5.77. The standard InChI is InChI=1S/C16H19F3N2O2/c1-3-10(2)21-9-11(8-14(21)22)15(23)20-13-6-4-12(5-7-13)16(17,18)19/h4-7,10-11H,3,8-9H2,1-2H3,(H,20,23). The molecular weight excluding hydrogens is 309 g/mol. The zero-order valence-electron chi connectivity index (χ0n) is 13.0. The first kappa shape index (κ1) is 17.3. The van der Waals surface area contributed by atoms with Crippen molar-refractivity contribution in [2.24, 2.45) is 5.92 Å². The van der Waals surface area contributed by atoms with Gasteiger partial charge in [0.1, 0.15) is 0 Å². The molecule has 1 aromatic rings. The van der Waals surface area contributed by atoms with E-state index in [1.54, 1.807) is 4.90 Å². The first-order valence-corrected chi connectivity index (χ1v) is 7.50. The Hall–Kier alpha value is -2.05. The van der Waals surface area contributed by atoms with Gasteiger partial charge < -0.3 is 10.2 Å². The van der Waals surface area contributed by atoms with Crippen molar-refractivity contribution >= 4 is 17.5 Å². The van der Waals surface area contributed by atoms with Crippen molar-refractivity contribution in [3.8, 4) is 0 Å². The summed E-state index contributed by atoms with van der Waals surface area (Å²) >= 11 is 0. The molecule has 0 radical (unpaired) electrons. The number of carbonyl (C=O) groups is 2. The van der Waals surface area contributed by atoms with Crippen LogP contribution in [-0.2, 0) is 15.8 Å². The van der Waals surface area contributed by atoms with E-state index in [0.717, 1.165) is 18.6 Å². The largest absolute Gasteiger partial charge is 0.416 e. The summed E-state index contributed by atoms with van der Waals surface area (Å²) in [5.41, 5.74) is -0.480. The minimum absolute atomic E-state index is 0.0630. The summed E-state index contributed by atoms with van der Waals surface area (Å²) in [6, 6.07) is 4.33. The van der Waals surface area contributed by atoms with Gasteiger partial charge in [-0.1, -0.05) is 6.92 Å². The monoisotopic (exact) mass is 328 g/mol. The van der Waals surface area contributed by atoms with Gasteiger partial charge in [-0.2, -0.15) is 13.2 Å². The maximum atomic E-state index is 12.5. The zero-order valence-corrected chi connectivity index (χ0v) is 13.0. The quantitative estimate of drug-likeness (QED) is 0.922. The molecule has 4 nitrogen and oxygen atoms in total. The second-order valence-electron chi connectivity index (χ2n) is 5.77. The summed E-state index contributed by atoms with van der Waals surface area (Å²) < 4.78 is 37.5. The zero-order chi connectivity index (χ0) is 17.2. The molecule has 0 bridgehead atoms. The summed E-state index contributed by atoms with van der Waals surface area (Å²) in [5, 5.41) is 2.58. The number of amides is 2. The van der Waals surface area contributed by atoms with E-state index in [1.165, 1.54) is 12.1 Å². The average Bonchev–Trinajstić information content (AvgIpc) is 2.88. The van der Waals surface area contributed by atoms with Gasteiger partial charge in [0.05, 0.1) is 11.5 Å². The number of anilines is 1. The van der Waals surface area contributed by atoms with Gasteiger partial charge in [0.25, 0.3) is 0 Å². The SMILES string of the molecule is CCC(C)N1CC(C(=O)Nc2ccc(C(F)(F)F)cc2)CC1=O. The molecule has 1 fully saturated rings. The Balaban J connectivity index is 1.99. The molecule has 1 heterocycles. The van der Waals surface area contributed by atoms with Gasteiger partial charge in [0.15, 0.2) is 0 Å². The van der Waals surface area contributed by atoms with E-state index in [-0.39, 0.29) is 30.0 Å². The predicted octanol–water partition coefficient (Wildman–Crippen LogP) is 3.29. The number of nitrogens with one attached hydrogen (secondary N) is 1. The lowest BCUT2D eigenvalue weighted by molar-refractivity contribution is -0.137. The highest BCUT2D eigenvalue weighted by Gasteiger charge is 2.36. The van der Waals surface area contributed by atoms with E-state index >= 15 is 0 Å². The summed E-state index contributed by atoms with van der Waals surface area (Å²) in [6.45, 7) is 4.24. The van der Waals surface area contributed by atoms with Gasteiger partial charge in [0.2, 0.25) is 11.8 Å². The van der Waals surface area contributed by atoms with Crippen molar-refractivity contribution in [1.82, 2.24) is 4.90 Å². The first-order chi connectivity index (χ1) is 10.7. The number of carbonyl (C=O) groups excluding carboxylic acids is 2. The molecule has 2 atom stereocenters. The van der Waals surface area contributed by atoms with Crippen LogP contribution in [0.4, 0.5) is 18.9 Å². The Morgan fingerprint density at radius 3 is 2.48 bits per heavy atom. The van der Waals surface area contributed by atoms with E-state index in [9.17, 15) is 22.8 Å². The van der Waals surface area contributed by atoms with Gasteiger partial charge in [-0.25, -0.2) is 0 Å². The van der Waals surface area contributed by atoms with Crippen LogP contribution in [0.1, 0.15) is 32.3 Å². The lowest BCUT2D eigenvalue weighted by atomic mass is 10.1. The number of rotatable bonds is 4. The Morgan fingerprint density at radius 1 is 1.35 bits per heavy atom. The van der Waals surface area contributed by atoms with Crippen LogP contribution in [0.15, 0.2) is 24.3 Å². The smallest absolute Gasteiger partial charge is 0.339 e. The van der Waals surface area contributed by atoms with Crippen molar-refractivity contribution < 1.29 is 22.8 Å². The average molecular weight is 328 g/mol. The molecule has 23 heavy (non-hydrogen) atoms. The molecule has 0 aliphatic carbocycles. The molecule has 1 aromatic carbocycles. The molecule has 1 N–H and O–H groups in total. The van der Waals surface area contributed by atoms with Crippen LogP contribution in [0.2, 0.25) is 0 Å². The van der Waals surface area contributed by atoms with E-state index in [1.807, 2.05) is 13.8 Å². The molecular formula is C16H19F3N2O2. The number of alkyl halides is 3. The highest BCUT2D eigenvalue weighted by molar-refractivity contribution is 5.97. The lowest BCUT2D eigenvalue weighted by Gasteiger charge is -2.23. The maximum absolute atomic E-state index is 12.5. The summed E-state index contributed by atoms with van der Waals surface area (Å²) in [4.78, 5) is 25.8. The second kappa shape index (κ2) is 6.60. The van der Waals surface area contributed by atoms with Gasteiger partial charge in [-0.3, -0.25) is 9.59 Å². The van der Waals surface area contributed by atoms with Crippen LogP contribution in [0.3, 0.4) is 0 Å². The van der Waals surface area contributed by atoms with Crippen LogP contribution >= 0.6 is 0 Å². The van der Waals surface area contributed by atoms with Crippen LogP contribution < -0.4 is 5.32 Å². The van der Waals surface area contributed by atoms with Crippen molar-refractivity contribution in [3.63, 3.8) is 0 Å². The fraction of sp³-hybridized carbons (Fsp3) is 0.500. The minimum atomic E-state index is -4.41. The molecule has 126 valence electrons. The number of nitrogens with zero attached hydrogens (tertiary/aromatic N) is 1. The van der Waals surface area contributed by atoms with E-state index in [2.05, 4.69) is 5.32 Å². The first-order valence-electron chi connectivity index (χ1n) is 7.50. The van der Waals surface area contributed by atoms with E-state index in [0.29, 0.717) is 6.54 Å². The van der Waals surface area contributed by atoms with Gasteiger partial charge in [-0.05, 0) is 37.6 Å². The molecule has 1 saturated heterocycles. The van der Waals surface area contributed by atoms with Crippen LogP contribution in [0.5, 0.6) is 0 Å². The minimum Gasteiger partial charge on any atom is -0.339 e. The van der Waals surface area contributed by atoms with E-state index in [4.69, 9.17) is 0 Å². The number of benzene rings is 1. The molecule has 0 aromatic heterocycles. The lowest BCUT2D eigenvalue weighted by Crippen LogP contribution is -2.35. The van der Waals surface area contributed by atoms with Gasteiger partial charge >= 0.3 is 6.18 Å². The Bertz CT molecular complexity index is 584. The molecule has 1 aliphatic heterocycles. The fourth-order valence-corrected chi connectivity index (χ4v) is 2.54. The maximum Gasteiger partial charge on any atom is 0.416 e. The van der Waals surface area contributed by atoms with Gasteiger partial charge in [-0.15, -0.1) is 0 Å². The Labute approximate surface area is 132 Å². The Kier molecular flexibility index (Phi) is 4.97. The predicted molar refractivity (Wildman–Crippen MR) is 79.6 cm³/mol. The molecule has 0 spiro atoms. The third-order valence-corrected chi connectivity index (χ3v) is 4.13.